The number of fused-ring (bicyclic) bond motifs is 1. The Kier molecular flexibility index (Phi) is 3.06. The lowest BCUT2D eigenvalue weighted by Gasteiger charge is -2.20. The highest BCUT2D eigenvalue weighted by Crippen LogP contribution is 2.49. The third-order valence-corrected chi connectivity index (χ3v) is 4.71. The fraction of sp³-hybridized carbons (Fsp3) is 0.625. The Morgan fingerprint density at radius 3 is 2.94 bits per heavy atom. The second-order valence-electron chi connectivity index (χ2n) is 6.18. The van der Waals surface area contributed by atoms with Gasteiger partial charge in [0.1, 0.15) is 0 Å². The van der Waals surface area contributed by atoms with Crippen molar-refractivity contribution in [2.45, 2.75) is 51.5 Å². The zero-order chi connectivity index (χ0) is 12.6. The van der Waals surface area contributed by atoms with E-state index in [1.807, 2.05) is 6.07 Å². The Morgan fingerprint density at radius 2 is 2.22 bits per heavy atom. The summed E-state index contributed by atoms with van der Waals surface area (Å²) in [6, 6.07) is 6.97. The smallest absolute Gasteiger partial charge is 0.0326 e. The molecular weight excluding hydrogens is 220 g/mol. The molecule has 98 valence electrons. The largest absolute Gasteiger partial charge is 0.399 e. The van der Waals surface area contributed by atoms with Crippen LogP contribution >= 0.6 is 0 Å². The number of anilines is 1. The average molecular weight is 244 g/mol. The van der Waals surface area contributed by atoms with E-state index in [0.717, 1.165) is 5.69 Å². The molecule has 1 atom stereocenters. The summed E-state index contributed by atoms with van der Waals surface area (Å²) in [6.45, 7) is 3.50. The Morgan fingerprint density at radius 1 is 1.39 bits per heavy atom. The van der Waals surface area contributed by atoms with Gasteiger partial charge in [-0.25, -0.2) is 0 Å². The summed E-state index contributed by atoms with van der Waals surface area (Å²) < 4.78 is 0. The van der Waals surface area contributed by atoms with E-state index in [1.54, 1.807) is 0 Å². The molecule has 3 rings (SSSR count). The molecule has 0 amide bonds. The number of hydrogen-bond donors (Lipinski definition) is 2. The van der Waals surface area contributed by atoms with Crippen LogP contribution in [0.25, 0.3) is 0 Å². The van der Waals surface area contributed by atoms with Gasteiger partial charge in [-0.05, 0) is 60.8 Å². The third kappa shape index (κ3) is 2.26. The van der Waals surface area contributed by atoms with E-state index in [9.17, 15) is 0 Å². The van der Waals surface area contributed by atoms with Gasteiger partial charge in [-0.1, -0.05) is 19.4 Å². The lowest BCUT2D eigenvalue weighted by Crippen LogP contribution is -2.27. The first-order valence-corrected chi connectivity index (χ1v) is 7.34. The number of nitrogen functional groups attached to an aromatic ring is 1. The minimum Gasteiger partial charge on any atom is -0.399 e. The molecule has 2 aliphatic rings. The lowest BCUT2D eigenvalue weighted by molar-refractivity contribution is 0.387. The van der Waals surface area contributed by atoms with Crippen LogP contribution in [0.15, 0.2) is 18.2 Å². The maximum absolute atomic E-state index is 5.85. The van der Waals surface area contributed by atoms with Gasteiger partial charge >= 0.3 is 0 Å². The summed E-state index contributed by atoms with van der Waals surface area (Å²) >= 11 is 0. The number of nitrogens with one attached hydrogen (secondary N) is 1. The summed E-state index contributed by atoms with van der Waals surface area (Å²) in [5.74, 6) is 0. The second kappa shape index (κ2) is 4.58. The van der Waals surface area contributed by atoms with Crippen LogP contribution in [0.3, 0.4) is 0 Å². The molecule has 18 heavy (non-hydrogen) atoms. The van der Waals surface area contributed by atoms with Crippen molar-refractivity contribution < 1.29 is 0 Å². The Labute approximate surface area is 110 Å². The van der Waals surface area contributed by atoms with Crippen molar-refractivity contribution in [2.75, 3.05) is 12.3 Å². The van der Waals surface area contributed by atoms with Gasteiger partial charge in [0.25, 0.3) is 0 Å². The second-order valence-corrected chi connectivity index (χ2v) is 6.18. The first kappa shape index (κ1) is 12.0. The molecular formula is C16H24N2. The monoisotopic (exact) mass is 244 g/mol. The van der Waals surface area contributed by atoms with Crippen molar-refractivity contribution in [3.05, 3.63) is 29.3 Å². The molecule has 2 aliphatic carbocycles. The molecule has 0 spiro atoms. The number of hydrogen-bond acceptors (Lipinski definition) is 2. The Balaban J connectivity index is 1.63. The SMILES string of the molecule is CCCC1(CNC2CCc3cc(N)ccc32)CC1. The number of nitrogens with two attached hydrogens (primary N) is 1. The predicted molar refractivity (Wildman–Crippen MR) is 76.5 cm³/mol. The fourth-order valence-electron chi connectivity index (χ4n) is 3.41. The molecule has 3 N–H and O–H groups in total. The van der Waals surface area contributed by atoms with Crippen LogP contribution < -0.4 is 11.1 Å². The minimum atomic E-state index is 0.565. The van der Waals surface area contributed by atoms with E-state index in [4.69, 9.17) is 5.73 Å². The minimum absolute atomic E-state index is 0.565. The highest BCUT2D eigenvalue weighted by atomic mass is 14.9. The van der Waals surface area contributed by atoms with Gasteiger partial charge in [0.05, 0.1) is 0 Å². The Hall–Kier alpha value is -1.02. The molecule has 1 fully saturated rings. The van der Waals surface area contributed by atoms with Crippen LogP contribution in [0.4, 0.5) is 5.69 Å². The summed E-state index contributed by atoms with van der Waals surface area (Å²) in [6.07, 6.45) is 7.98. The molecule has 0 aliphatic heterocycles. The normalized spacial score (nSPS) is 23.9. The van der Waals surface area contributed by atoms with Crippen molar-refractivity contribution in [3.63, 3.8) is 0 Å². The van der Waals surface area contributed by atoms with E-state index >= 15 is 0 Å². The zero-order valence-corrected chi connectivity index (χ0v) is 11.3. The van der Waals surface area contributed by atoms with Crippen LogP contribution in [-0.2, 0) is 6.42 Å². The Bertz CT molecular complexity index is 435. The summed E-state index contributed by atoms with van der Waals surface area (Å²) in [5, 5.41) is 3.80. The van der Waals surface area contributed by atoms with Crippen molar-refractivity contribution in [3.8, 4) is 0 Å². The third-order valence-electron chi connectivity index (χ3n) is 4.71. The molecule has 1 aromatic carbocycles. The van der Waals surface area contributed by atoms with Crippen LogP contribution in [0.1, 0.15) is 56.2 Å². The van der Waals surface area contributed by atoms with E-state index in [1.165, 1.54) is 56.2 Å². The molecule has 1 unspecified atom stereocenters. The maximum atomic E-state index is 5.85. The van der Waals surface area contributed by atoms with E-state index in [-0.39, 0.29) is 0 Å². The van der Waals surface area contributed by atoms with Crippen LogP contribution in [0, 0.1) is 5.41 Å². The van der Waals surface area contributed by atoms with Crippen molar-refractivity contribution in [1.82, 2.24) is 5.32 Å². The van der Waals surface area contributed by atoms with E-state index in [2.05, 4.69) is 24.4 Å². The predicted octanol–water partition coefficient (Wildman–Crippen LogP) is 3.43. The standard InChI is InChI=1S/C16H24N2/c1-2-7-16(8-9-16)11-18-15-6-3-12-10-13(17)4-5-14(12)15/h4-5,10,15,18H,2-3,6-9,11,17H2,1H3. The molecule has 1 saturated carbocycles. The average Bonchev–Trinajstić information content (AvgIpc) is 3.00. The quantitative estimate of drug-likeness (QED) is 0.779. The molecule has 0 bridgehead atoms. The number of benzene rings is 1. The molecule has 0 heterocycles. The van der Waals surface area contributed by atoms with Gasteiger partial charge in [0.2, 0.25) is 0 Å². The van der Waals surface area contributed by atoms with Gasteiger partial charge in [-0.3, -0.25) is 0 Å². The molecule has 1 aromatic rings. The topological polar surface area (TPSA) is 38.0 Å². The van der Waals surface area contributed by atoms with Crippen LogP contribution in [0.2, 0.25) is 0 Å². The summed E-state index contributed by atoms with van der Waals surface area (Å²) in [5.41, 5.74) is 10.3. The van der Waals surface area contributed by atoms with Crippen molar-refractivity contribution >= 4 is 5.69 Å². The summed E-state index contributed by atoms with van der Waals surface area (Å²) in [7, 11) is 0. The van der Waals surface area contributed by atoms with Crippen LogP contribution in [0.5, 0.6) is 0 Å². The van der Waals surface area contributed by atoms with Crippen molar-refractivity contribution in [1.29, 1.82) is 0 Å². The molecule has 0 radical (unpaired) electrons. The van der Waals surface area contributed by atoms with Gasteiger partial charge in [-0.2, -0.15) is 0 Å². The summed E-state index contributed by atoms with van der Waals surface area (Å²) in [4.78, 5) is 0. The first-order valence-electron chi connectivity index (χ1n) is 7.34. The van der Waals surface area contributed by atoms with Gasteiger partial charge in [0, 0.05) is 18.3 Å². The molecule has 0 aromatic heterocycles. The highest BCUT2D eigenvalue weighted by molar-refractivity contribution is 5.47. The maximum Gasteiger partial charge on any atom is 0.0326 e. The fourth-order valence-corrected chi connectivity index (χ4v) is 3.41. The van der Waals surface area contributed by atoms with Gasteiger partial charge in [-0.15, -0.1) is 0 Å². The van der Waals surface area contributed by atoms with Gasteiger partial charge < -0.3 is 11.1 Å². The lowest BCUT2D eigenvalue weighted by atomic mass is 9.99. The zero-order valence-electron chi connectivity index (χ0n) is 11.3. The van der Waals surface area contributed by atoms with Gasteiger partial charge in [0.15, 0.2) is 0 Å². The van der Waals surface area contributed by atoms with Crippen LogP contribution in [-0.4, -0.2) is 6.54 Å². The van der Waals surface area contributed by atoms with E-state index < -0.39 is 0 Å². The first-order chi connectivity index (χ1) is 8.72. The number of rotatable bonds is 5. The molecule has 2 nitrogen and oxygen atoms in total. The molecule has 2 heteroatoms. The molecule has 0 saturated heterocycles. The number of aryl methyl sites for hydroxylation is 1. The highest BCUT2D eigenvalue weighted by Gasteiger charge is 2.41. The van der Waals surface area contributed by atoms with E-state index in [0.29, 0.717) is 11.5 Å². The van der Waals surface area contributed by atoms with Crippen molar-refractivity contribution in [2.24, 2.45) is 5.41 Å².